The molecule has 0 saturated carbocycles. The second-order valence-electron chi connectivity index (χ2n) is 6.44. The Bertz CT molecular complexity index is 1190. The first-order chi connectivity index (χ1) is 13.4. The highest BCUT2D eigenvalue weighted by Crippen LogP contribution is 2.44. The largest absolute Gasteiger partial charge is 0.433 e. The summed E-state index contributed by atoms with van der Waals surface area (Å²) in [6.45, 7) is 0. The zero-order valence-corrected chi connectivity index (χ0v) is 15.7. The molecule has 140 valence electrons. The van der Waals surface area contributed by atoms with Crippen molar-refractivity contribution in [3.63, 3.8) is 0 Å². The van der Waals surface area contributed by atoms with Gasteiger partial charge in [-0.2, -0.15) is 18.3 Å². The van der Waals surface area contributed by atoms with Crippen LogP contribution in [-0.4, -0.2) is 14.8 Å². The second-order valence-corrected chi connectivity index (χ2v) is 7.71. The first kappa shape index (κ1) is 17.5. The van der Waals surface area contributed by atoms with E-state index in [1.54, 1.807) is 35.7 Å². The lowest BCUT2D eigenvalue weighted by molar-refractivity contribution is -0.143. The van der Waals surface area contributed by atoms with E-state index in [9.17, 15) is 13.2 Å². The van der Waals surface area contributed by atoms with E-state index in [2.05, 4.69) is 10.1 Å². The summed E-state index contributed by atoms with van der Waals surface area (Å²) in [4.78, 5) is 4.40. The third-order valence-electron chi connectivity index (χ3n) is 4.70. The van der Waals surface area contributed by atoms with Crippen LogP contribution in [0.3, 0.4) is 0 Å². The van der Waals surface area contributed by atoms with E-state index in [4.69, 9.17) is 11.6 Å². The second kappa shape index (κ2) is 6.18. The van der Waals surface area contributed by atoms with E-state index in [0.717, 1.165) is 32.7 Å². The minimum Gasteiger partial charge on any atom is -0.218 e. The summed E-state index contributed by atoms with van der Waals surface area (Å²) in [5.74, 6) is 0. The van der Waals surface area contributed by atoms with E-state index in [1.165, 1.54) is 0 Å². The molecular formula is C20H11ClF3N3S. The third-order valence-corrected chi connectivity index (χ3v) is 5.77. The van der Waals surface area contributed by atoms with Crippen LogP contribution in [0.25, 0.3) is 27.6 Å². The molecule has 8 heteroatoms. The molecule has 28 heavy (non-hydrogen) atoms. The van der Waals surface area contributed by atoms with E-state index < -0.39 is 11.9 Å². The van der Waals surface area contributed by atoms with Gasteiger partial charge in [-0.25, -0.2) is 9.67 Å². The normalized spacial score (nSPS) is 12.9. The Balaban J connectivity index is 1.65. The minimum atomic E-state index is -4.53. The lowest BCUT2D eigenvalue weighted by Gasteiger charge is -2.10. The fourth-order valence-electron chi connectivity index (χ4n) is 3.47. The van der Waals surface area contributed by atoms with Crippen molar-refractivity contribution < 1.29 is 13.2 Å². The van der Waals surface area contributed by atoms with Crippen molar-refractivity contribution in [2.75, 3.05) is 0 Å². The van der Waals surface area contributed by atoms with Crippen molar-refractivity contribution in [1.29, 1.82) is 0 Å². The average Bonchev–Trinajstić information content (AvgIpc) is 3.34. The lowest BCUT2D eigenvalue weighted by Crippen LogP contribution is -2.15. The molecule has 0 N–H and O–H groups in total. The molecule has 0 spiro atoms. The molecule has 1 aliphatic carbocycles. The van der Waals surface area contributed by atoms with Gasteiger partial charge in [0.15, 0.2) is 5.69 Å². The van der Waals surface area contributed by atoms with Gasteiger partial charge in [0.05, 0.1) is 11.4 Å². The van der Waals surface area contributed by atoms with Crippen LogP contribution in [0.15, 0.2) is 53.9 Å². The molecule has 3 nitrogen and oxygen atoms in total. The maximum atomic E-state index is 13.9. The van der Waals surface area contributed by atoms with Gasteiger partial charge >= 0.3 is 6.18 Å². The molecule has 1 aliphatic rings. The van der Waals surface area contributed by atoms with Crippen molar-refractivity contribution in [2.24, 2.45) is 0 Å². The fraction of sp³-hybridized carbons (Fsp3) is 0.100. The molecule has 0 bridgehead atoms. The standard InChI is InChI=1S/C20H11ClF3N3S/c21-13-7-5-11(6-8-13)16-10-28-19(25-16)27-18(20(22,23)24)15-9-12-3-1-2-4-14(12)17(15)26-27/h1-8,10H,9H2. The van der Waals surface area contributed by atoms with E-state index >= 15 is 0 Å². The zero-order valence-electron chi connectivity index (χ0n) is 14.2. The summed E-state index contributed by atoms with van der Waals surface area (Å²) >= 11 is 7.02. The summed E-state index contributed by atoms with van der Waals surface area (Å²) in [7, 11) is 0. The van der Waals surface area contributed by atoms with Crippen molar-refractivity contribution in [3.8, 4) is 27.6 Å². The van der Waals surface area contributed by atoms with Gasteiger partial charge in [-0.1, -0.05) is 48.0 Å². The average molecular weight is 418 g/mol. The SMILES string of the molecule is FC(F)(F)c1c2c(nn1-c1nc(-c3ccc(Cl)cc3)cs1)-c1ccccc1C2. The highest BCUT2D eigenvalue weighted by atomic mass is 35.5. The van der Waals surface area contributed by atoms with Crippen LogP contribution in [0, 0.1) is 0 Å². The molecule has 0 saturated heterocycles. The maximum absolute atomic E-state index is 13.9. The van der Waals surface area contributed by atoms with Crippen molar-refractivity contribution in [3.05, 3.63) is 75.8 Å². The fourth-order valence-corrected chi connectivity index (χ4v) is 4.39. The van der Waals surface area contributed by atoms with Gasteiger partial charge in [0.2, 0.25) is 5.13 Å². The Morgan fingerprint density at radius 1 is 1.04 bits per heavy atom. The minimum absolute atomic E-state index is 0.184. The van der Waals surface area contributed by atoms with Gasteiger partial charge in [-0.05, 0) is 17.7 Å². The number of halogens is 4. The number of nitrogens with zero attached hydrogens (tertiary/aromatic N) is 3. The number of benzene rings is 2. The molecule has 0 atom stereocenters. The predicted octanol–water partition coefficient (Wildman–Crippen LogP) is 6.24. The van der Waals surface area contributed by atoms with Gasteiger partial charge in [-0.3, -0.25) is 0 Å². The Morgan fingerprint density at radius 3 is 2.54 bits per heavy atom. The Labute approximate surface area is 167 Å². The monoisotopic (exact) mass is 417 g/mol. The molecule has 4 aromatic rings. The number of alkyl halides is 3. The summed E-state index contributed by atoms with van der Waals surface area (Å²) < 4.78 is 42.7. The van der Waals surface area contributed by atoms with E-state index in [1.807, 2.05) is 18.2 Å². The summed E-state index contributed by atoms with van der Waals surface area (Å²) in [6.07, 6.45) is -4.31. The van der Waals surface area contributed by atoms with Crippen LogP contribution in [0.2, 0.25) is 5.02 Å². The van der Waals surface area contributed by atoms with Gasteiger partial charge in [-0.15, -0.1) is 11.3 Å². The Hall–Kier alpha value is -2.64. The first-order valence-corrected chi connectivity index (χ1v) is 9.67. The van der Waals surface area contributed by atoms with Crippen molar-refractivity contribution in [1.82, 2.24) is 14.8 Å². The number of aromatic nitrogens is 3. The third kappa shape index (κ3) is 2.73. The Morgan fingerprint density at radius 2 is 1.79 bits per heavy atom. The quantitative estimate of drug-likeness (QED) is 0.340. The summed E-state index contributed by atoms with van der Waals surface area (Å²) in [5, 5.41) is 6.80. The number of fused-ring (bicyclic) bond motifs is 3. The van der Waals surface area contributed by atoms with Crippen LogP contribution in [0.5, 0.6) is 0 Å². The Kier molecular flexibility index (Phi) is 3.86. The van der Waals surface area contributed by atoms with Crippen LogP contribution in [-0.2, 0) is 12.6 Å². The van der Waals surface area contributed by atoms with E-state index in [-0.39, 0.29) is 17.1 Å². The molecule has 0 fully saturated rings. The lowest BCUT2D eigenvalue weighted by atomic mass is 10.1. The molecule has 0 unspecified atom stereocenters. The van der Waals surface area contributed by atoms with Gasteiger partial charge < -0.3 is 0 Å². The summed E-state index contributed by atoms with van der Waals surface area (Å²) in [6, 6.07) is 14.3. The van der Waals surface area contributed by atoms with Crippen molar-refractivity contribution in [2.45, 2.75) is 12.6 Å². The molecule has 5 rings (SSSR count). The molecule has 0 radical (unpaired) electrons. The van der Waals surface area contributed by atoms with Gasteiger partial charge in [0.25, 0.3) is 0 Å². The smallest absolute Gasteiger partial charge is 0.218 e. The topological polar surface area (TPSA) is 30.7 Å². The van der Waals surface area contributed by atoms with Crippen LogP contribution >= 0.6 is 22.9 Å². The maximum Gasteiger partial charge on any atom is 0.433 e. The van der Waals surface area contributed by atoms with Crippen LogP contribution in [0.1, 0.15) is 16.8 Å². The zero-order chi connectivity index (χ0) is 19.5. The van der Waals surface area contributed by atoms with Gasteiger partial charge in [0, 0.05) is 33.5 Å². The molecule has 0 aliphatic heterocycles. The van der Waals surface area contributed by atoms with Crippen molar-refractivity contribution >= 4 is 22.9 Å². The highest BCUT2D eigenvalue weighted by molar-refractivity contribution is 7.12. The van der Waals surface area contributed by atoms with Crippen LogP contribution in [0.4, 0.5) is 13.2 Å². The number of thiazole rings is 1. The molecule has 0 amide bonds. The molecular weight excluding hydrogens is 407 g/mol. The number of hydrogen-bond acceptors (Lipinski definition) is 3. The number of hydrogen-bond donors (Lipinski definition) is 0. The highest BCUT2D eigenvalue weighted by Gasteiger charge is 2.43. The van der Waals surface area contributed by atoms with Crippen LogP contribution < -0.4 is 0 Å². The molecule has 2 aromatic carbocycles. The van der Waals surface area contributed by atoms with E-state index in [0.29, 0.717) is 16.4 Å². The number of rotatable bonds is 2. The predicted molar refractivity (Wildman–Crippen MR) is 103 cm³/mol. The van der Waals surface area contributed by atoms with Gasteiger partial charge in [0.1, 0.15) is 0 Å². The first-order valence-electron chi connectivity index (χ1n) is 8.41. The molecule has 2 aromatic heterocycles. The molecule has 2 heterocycles. The summed E-state index contributed by atoms with van der Waals surface area (Å²) in [5.41, 5.74) is 2.81.